The number of carbonyl (C=O) groups is 3. The quantitative estimate of drug-likeness (QED) is 0.496. The van der Waals surface area contributed by atoms with Gasteiger partial charge < -0.3 is 10.5 Å². The summed E-state index contributed by atoms with van der Waals surface area (Å²) in [5, 5.41) is 0. The van der Waals surface area contributed by atoms with Crippen LogP contribution in [0, 0.1) is 0 Å². The number of anilines is 1. The molecular weight excluding hydrogens is 260 g/mol. The summed E-state index contributed by atoms with van der Waals surface area (Å²) in [5.74, 6) is -1.09. The third-order valence-corrected chi connectivity index (χ3v) is 3.10. The number of nitrogens with two attached hydrogens (primary N) is 1. The van der Waals surface area contributed by atoms with E-state index >= 15 is 0 Å². The molecule has 2 N–H and O–H groups in total. The molecule has 6 heteroatoms. The standard InChI is InChI=1S/C14H16N2O4/c1-2-20-11(17)7-4-8-16-13(18)9-5-3-6-10(15)12(9)14(16)19/h3,5-6H,2,4,7-8,15H2,1H3. The first-order valence-electron chi connectivity index (χ1n) is 6.46. The highest BCUT2D eigenvalue weighted by Crippen LogP contribution is 2.27. The monoisotopic (exact) mass is 276 g/mol. The van der Waals surface area contributed by atoms with Gasteiger partial charge in [0.25, 0.3) is 11.8 Å². The Morgan fingerprint density at radius 2 is 2.05 bits per heavy atom. The number of nitrogen functional groups attached to an aromatic ring is 1. The highest BCUT2D eigenvalue weighted by molar-refractivity contribution is 6.23. The predicted octanol–water partition coefficient (Wildman–Crippen LogP) is 1.21. The van der Waals surface area contributed by atoms with E-state index in [1.165, 1.54) is 0 Å². The van der Waals surface area contributed by atoms with Crippen LogP contribution in [0.2, 0.25) is 0 Å². The van der Waals surface area contributed by atoms with E-state index in [2.05, 4.69) is 0 Å². The number of rotatable bonds is 5. The number of hydrogen-bond acceptors (Lipinski definition) is 5. The lowest BCUT2D eigenvalue weighted by molar-refractivity contribution is -0.143. The Bertz CT molecular complexity index is 568. The summed E-state index contributed by atoms with van der Waals surface area (Å²) >= 11 is 0. The fourth-order valence-corrected chi connectivity index (χ4v) is 2.18. The van der Waals surface area contributed by atoms with Crippen molar-refractivity contribution in [3.63, 3.8) is 0 Å². The van der Waals surface area contributed by atoms with Gasteiger partial charge in [0, 0.05) is 18.7 Å². The summed E-state index contributed by atoms with van der Waals surface area (Å²) in [5.41, 5.74) is 6.61. The summed E-state index contributed by atoms with van der Waals surface area (Å²) in [6.45, 7) is 2.23. The minimum atomic E-state index is -0.396. The SMILES string of the molecule is CCOC(=O)CCCN1C(=O)c2cccc(N)c2C1=O. The van der Waals surface area contributed by atoms with Crippen molar-refractivity contribution in [3.8, 4) is 0 Å². The van der Waals surface area contributed by atoms with E-state index in [1.54, 1.807) is 25.1 Å². The Kier molecular flexibility index (Phi) is 4.02. The van der Waals surface area contributed by atoms with E-state index < -0.39 is 5.91 Å². The van der Waals surface area contributed by atoms with E-state index in [1.807, 2.05) is 0 Å². The van der Waals surface area contributed by atoms with Crippen LogP contribution in [0.3, 0.4) is 0 Å². The number of amides is 2. The number of nitrogens with zero attached hydrogens (tertiary/aromatic N) is 1. The summed E-state index contributed by atoms with van der Waals surface area (Å²) < 4.78 is 4.79. The number of imide groups is 1. The molecule has 0 aromatic heterocycles. The van der Waals surface area contributed by atoms with Gasteiger partial charge in [0.05, 0.1) is 17.7 Å². The van der Waals surface area contributed by atoms with Crippen molar-refractivity contribution in [1.29, 1.82) is 0 Å². The van der Waals surface area contributed by atoms with Crippen LogP contribution in [-0.2, 0) is 9.53 Å². The highest BCUT2D eigenvalue weighted by atomic mass is 16.5. The Hall–Kier alpha value is -2.37. The van der Waals surface area contributed by atoms with E-state index in [0.717, 1.165) is 4.90 Å². The van der Waals surface area contributed by atoms with Crippen molar-refractivity contribution in [1.82, 2.24) is 4.90 Å². The zero-order chi connectivity index (χ0) is 14.7. The van der Waals surface area contributed by atoms with Crippen LogP contribution < -0.4 is 5.73 Å². The Balaban J connectivity index is 2.02. The Morgan fingerprint density at radius 3 is 2.70 bits per heavy atom. The van der Waals surface area contributed by atoms with Crippen molar-refractivity contribution in [3.05, 3.63) is 29.3 Å². The molecule has 0 radical (unpaired) electrons. The summed E-state index contributed by atoms with van der Waals surface area (Å²) in [6.07, 6.45) is 0.556. The maximum absolute atomic E-state index is 12.1. The molecule has 1 aromatic carbocycles. The second-order valence-electron chi connectivity index (χ2n) is 4.44. The van der Waals surface area contributed by atoms with E-state index in [-0.39, 0.29) is 30.4 Å². The van der Waals surface area contributed by atoms with Gasteiger partial charge in [0.1, 0.15) is 0 Å². The van der Waals surface area contributed by atoms with Gasteiger partial charge in [-0.05, 0) is 25.5 Å². The van der Waals surface area contributed by atoms with Crippen LogP contribution in [0.1, 0.15) is 40.5 Å². The smallest absolute Gasteiger partial charge is 0.305 e. The average molecular weight is 276 g/mol. The molecule has 20 heavy (non-hydrogen) atoms. The largest absolute Gasteiger partial charge is 0.466 e. The van der Waals surface area contributed by atoms with Gasteiger partial charge in [-0.1, -0.05) is 6.07 Å². The third-order valence-electron chi connectivity index (χ3n) is 3.10. The molecule has 0 spiro atoms. The Labute approximate surface area is 116 Å². The molecule has 0 fully saturated rings. The molecule has 0 saturated carbocycles. The van der Waals surface area contributed by atoms with Gasteiger partial charge in [0.15, 0.2) is 0 Å². The molecule has 1 heterocycles. The molecule has 0 atom stereocenters. The Morgan fingerprint density at radius 1 is 1.30 bits per heavy atom. The second kappa shape index (κ2) is 5.73. The van der Waals surface area contributed by atoms with Crippen LogP contribution in [0.5, 0.6) is 0 Å². The molecule has 1 aromatic rings. The normalized spacial score (nSPS) is 13.6. The number of benzene rings is 1. The first kappa shape index (κ1) is 14.0. The van der Waals surface area contributed by atoms with Crippen molar-refractivity contribution in [2.45, 2.75) is 19.8 Å². The molecule has 0 bridgehead atoms. The minimum absolute atomic E-state index is 0.177. The van der Waals surface area contributed by atoms with Gasteiger partial charge in [-0.3, -0.25) is 19.3 Å². The number of esters is 1. The summed E-state index contributed by atoms with van der Waals surface area (Å²) in [6, 6.07) is 4.81. The van der Waals surface area contributed by atoms with Gasteiger partial charge in [-0.2, -0.15) is 0 Å². The first-order chi connectivity index (χ1) is 9.56. The highest BCUT2D eigenvalue weighted by Gasteiger charge is 2.36. The number of hydrogen-bond donors (Lipinski definition) is 1. The number of ether oxygens (including phenoxy) is 1. The summed E-state index contributed by atoms with van der Waals surface area (Å²) in [4.78, 5) is 36.6. The fraction of sp³-hybridized carbons (Fsp3) is 0.357. The lowest BCUT2D eigenvalue weighted by Gasteiger charge is -2.13. The van der Waals surface area contributed by atoms with Crippen molar-refractivity contribution in [2.24, 2.45) is 0 Å². The van der Waals surface area contributed by atoms with Crippen LogP contribution in [-0.4, -0.2) is 35.8 Å². The van der Waals surface area contributed by atoms with Gasteiger partial charge >= 0.3 is 5.97 Å². The topological polar surface area (TPSA) is 89.7 Å². The second-order valence-corrected chi connectivity index (χ2v) is 4.44. The third kappa shape index (κ3) is 2.49. The van der Waals surface area contributed by atoms with Gasteiger partial charge in [0.2, 0.25) is 0 Å². The lowest BCUT2D eigenvalue weighted by atomic mass is 10.1. The van der Waals surface area contributed by atoms with Gasteiger partial charge in [-0.15, -0.1) is 0 Å². The first-order valence-corrected chi connectivity index (χ1v) is 6.46. The molecule has 0 saturated heterocycles. The number of fused-ring (bicyclic) bond motifs is 1. The molecule has 0 unspecified atom stereocenters. The van der Waals surface area contributed by atoms with Crippen LogP contribution in [0.25, 0.3) is 0 Å². The van der Waals surface area contributed by atoms with E-state index in [4.69, 9.17) is 10.5 Å². The molecular formula is C14H16N2O4. The zero-order valence-electron chi connectivity index (χ0n) is 11.2. The van der Waals surface area contributed by atoms with Crippen LogP contribution >= 0.6 is 0 Å². The molecule has 1 aliphatic heterocycles. The molecule has 0 aliphatic carbocycles. The summed E-state index contributed by atoms with van der Waals surface area (Å²) in [7, 11) is 0. The van der Waals surface area contributed by atoms with Crippen molar-refractivity contribution in [2.75, 3.05) is 18.9 Å². The maximum atomic E-state index is 12.1. The minimum Gasteiger partial charge on any atom is -0.466 e. The van der Waals surface area contributed by atoms with Crippen molar-refractivity contribution >= 4 is 23.5 Å². The predicted molar refractivity (Wildman–Crippen MR) is 72.1 cm³/mol. The molecule has 2 rings (SSSR count). The fourth-order valence-electron chi connectivity index (χ4n) is 2.18. The molecule has 6 nitrogen and oxygen atoms in total. The van der Waals surface area contributed by atoms with Crippen molar-refractivity contribution < 1.29 is 19.1 Å². The van der Waals surface area contributed by atoms with E-state index in [0.29, 0.717) is 24.3 Å². The molecule has 1 aliphatic rings. The van der Waals surface area contributed by atoms with Crippen LogP contribution in [0.15, 0.2) is 18.2 Å². The molecule has 2 amide bonds. The average Bonchev–Trinajstić information content (AvgIpc) is 2.65. The molecule has 106 valence electrons. The lowest BCUT2D eigenvalue weighted by Crippen LogP contribution is -2.31. The number of carbonyl (C=O) groups excluding carboxylic acids is 3. The van der Waals surface area contributed by atoms with Crippen LogP contribution in [0.4, 0.5) is 5.69 Å². The van der Waals surface area contributed by atoms with E-state index in [9.17, 15) is 14.4 Å². The maximum Gasteiger partial charge on any atom is 0.305 e. The van der Waals surface area contributed by atoms with Gasteiger partial charge in [-0.25, -0.2) is 0 Å². The zero-order valence-corrected chi connectivity index (χ0v) is 11.2.